The molecule has 0 atom stereocenters. The van der Waals surface area contributed by atoms with E-state index in [2.05, 4.69) is 39.9 Å². The first-order valence-electron chi connectivity index (χ1n) is 10.1. The van der Waals surface area contributed by atoms with Gasteiger partial charge in [-0.3, -0.25) is 4.99 Å². The number of piperidine rings is 1. The first kappa shape index (κ1) is 25.5. The monoisotopic (exact) mass is 518 g/mol. The topological polar surface area (TPSA) is 75.2 Å². The van der Waals surface area contributed by atoms with Crippen molar-refractivity contribution in [2.24, 2.45) is 4.99 Å². The molecule has 1 aromatic rings. The van der Waals surface area contributed by atoms with Crippen molar-refractivity contribution >= 4 is 36.0 Å². The van der Waals surface area contributed by atoms with Gasteiger partial charge in [-0.2, -0.15) is 0 Å². The third-order valence-electron chi connectivity index (χ3n) is 4.65. The van der Waals surface area contributed by atoms with Gasteiger partial charge in [-0.15, -0.1) is 24.0 Å². The summed E-state index contributed by atoms with van der Waals surface area (Å²) in [5.41, 5.74) is 2.36. The van der Waals surface area contributed by atoms with Crippen LogP contribution in [0, 0.1) is 0 Å². The van der Waals surface area contributed by atoms with Crippen LogP contribution in [-0.2, 0) is 22.6 Å². The van der Waals surface area contributed by atoms with Crippen molar-refractivity contribution in [1.82, 2.24) is 15.5 Å². The number of ether oxygens (including phenoxy) is 2. The number of benzene rings is 1. The molecule has 1 aliphatic rings. The smallest absolute Gasteiger partial charge is 0.409 e. The molecule has 1 amide bonds. The molecule has 2 rings (SSSR count). The van der Waals surface area contributed by atoms with Crippen LogP contribution in [0.3, 0.4) is 0 Å². The largest absolute Gasteiger partial charge is 0.450 e. The molecule has 0 aliphatic carbocycles. The quantitative estimate of drug-likeness (QED) is 0.328. The van der Waals surface area contributed by atoms with Crippen LogP contribution in [0.4, 0.5) is 4.79 Å². The van der Waals surface area contributed by atoms with Gasteiger partial charge in [0.1, 0.15) is 0 Å². The number of rotatable bonds is 7. The van der Waals surface area contributed by atoms with Crippen LogP contribution in [0.15, 0.2) is 29.3 Å². The van der Waals surface area contributed by atoms with Crippen molar-refractivity contribution in [2.45, 2.75) is 58.9 Å². The molecule has 1 saturated heterocycles. The fourth-order valence-corrected chi connectivity index (χ4v) is 3.01. The molecule has 1 heterocycles. The summed E-state index contributed by atoms with van der Waals surface area (Å²) in [5.74, 6) is 0.779. The van der Waals surface area contributed by atoms with Crippen molar-refractivity contribution in [3.63, 3.8) is 0 Å². The molecule has 0 radical (unpaired) electrons. The molecule has 7 nitrogen and oxygen atoms in total. The highest BCUT2D eigenvalue weighted by molar-refractivity contribution is 14.0. The second kappa shape index (κ2) is 13.6. The summed E-state index contributed by atoms with van der Waals surface area (Å²) in [6.07, 6.45) is 1.78. The zero-order chi connectivity index (χ0) is 20.4. The first-order chi connectivity index (χ1) is 13.5. The van der Waals surface area contributed by atoms with E-state index in [4.69, 9.17) is 9.47 Å². The number of hydrogen-bond donors (Lipinski definition) is 2. The molecular formula is C21H35IN4O3. The Balaban J connectivity index is 0.00000420. The average Bonchev–Trinajstić information content (AvgIpc) is 2.71. The second-order valence-corrected chi connectivity index (χ2v) is 7.21. The number of hydrogen-bond acceptors (Lipinski definition) is 4. The molecule has 164 valence electrons. The van der Waals surface area contributed by atoms with Crippen molar-refractivity contribution in [1.29, 1.82) is 0 Å². The normalized spacial score (nSPS) is 15.1. The lowest BCUT2D eigenvalue weighted by atomic mass is 10.1. The van der Waals surface area contributed by atoms with Gasteiger partial charge in [0, 0.05) is 32.7 Å². The molecule has 0 unspecified atom stereocenters. The number of likely N-dealkylation sites (tertiary alicyclic amines) is 1. The van der Waals surface area contributed by atoms with E-state index in [0.717, 1.165) is 18.8 Å². The average molecular weight is 518 g/mol. The third-order valence-corrected chi connectivity index (χ3v) is 4.65. The maximum atomic E-state index is 11.8. The fourth-order valence-electron chi connectivity index (χ4n) is 3.01. The number of amides is 1. The molecule has 1 aliphatic heterocycles. The lowest BCUT2D eigenvalue weighted by Gasteiger charge is -2.32. The zero-order valence-corrected chi connectivity index (χ0v) is 20.3. The van der Waals surface area contributed by atoms with Gasteiger partial charge in [0.2, 0.25) is 0 Å². The number of nitrogens with zero attached hydrogens (tertiary/aromatic N) is 2. The summed E-state index contributed by atoms with van der Waals surface area (Å²) in [6, 6.07) is 8.71. The molecule has 0 bridgehead atoms. The number of nitrogens with one attached hydrogen (secondary N) is 2. The molecule has 29 heavy (non-hydrogen) atoms. The molecule has 1 aromatic carbocycles. The molecule has 1 fully saturated rings. The number of aliphatic imine (C=N–C) groups is 1. The molecule has 2 N–H and O–H groups in total. The van der Waals surface area contributed by atoms with Crippen molar-refractivity contribution in [3.8, 4) is 0 Å². The summed E-state index contributed by atoms with van der Waals surface area (Å²) in [7, 11) is 1.77. The van der Waals surface area contributed by atoms with E-state index in [1.54, 1.807) is 11.9 Å². The van der Waals surface area contributed by atoms with Crippen LogP contribution in [0.5, 0.6) is 0 Å². The van der Waals surface area contributed by atoms with Gasteiger partial charge in [0.25, 0.3) is 0 Å². The second-order valence-electron chi connectivity index (χ2n) is 7.21. The van der Waals surface area contributed by atoms with Crippen LogP contribution in [0.2, 0.25) is 0 Å². The number of guanidine groups is 1. The Morgan fingerprint density at radius 2 is 1.83 bits per heavy atom. The summed E-state index contributed by atoms with van der Waals surface area (Å²) in [6.45, 7) is 9.07. The Labute approximate surface area is 191 Å². The SMILES string of the molecule is CCOC(=O)N1CCC(NC(=NC)NCc2ccc(COC(C)C)cc2)CC1.I. The summed E-state index contributed by atoms with van der Waals surface area (Å²) < 4.78 is 10.7. The van der Waals surface area contributed by atoms with Crippen LogP contribution in [0.25, 0.3) is 0 Å². The van der Waals surface area contributed by atoms with Gasteiger partial charge in [-0.05, 0) is 44.7 Å². The number of carbonyl (C=O) groups excluding carboxylic acids is 1. The third kappa shape index (κ3) is 9.20. The minimum absolute atomic E-state index is 0. The van der Waals surface area contributed by atoms with Gasteiger partial charge in [-0.1, -0.05) is 24.3 Å². The molecule has 0 aromatic heterocycles. The highest BCUT2D eigenvalue weighted by Crippen LogP contribution is 2.12. The van der Waals surface area contributed by atoms with Crippen molar-refractivity contribution in [3.05, 3.63) is 35.4 Å². The van der Waals surface area contributed by atoms with E-state index in [9.17, 15) is 4.79 Å². The maximum absolute atomic E-state index is 11.8. The van der Waals surface area contributed by atoms with Crippen LogP contribution < -0.4 is 10.6 Å². The van der Waals surface area contributed by atoms with E-state index >= 15 is 0 Å². The highest BCUT2D eigenvalue weighted by atomic mass is 127. The predicted molar refractivity (Wildman–Crippen MR) is 127 cm³/mol. The molecular weight excluding hydrogens is 483 g/mol. The number of halogens is 1. The molecule has 0 saturated carbocycles. The van der Waals surface area contributed by atoms with Gasteiger partial charge in [0.05, 0.1) is 19.3 Å². The summed E-state index contributed by atoms with van der Waals surface area (Å²) in [4.78, 5) is 17.9. The van der Waals surface area contributed by atoms with Crippen LogP contribution in [0.1, 0.15) is 44.7 Å². The molecule has 0 spiro atoms. The first-order valence-corrected chi connectivity index (χ1v) is 10.1. The Kier molecular flexibility index (Phi) is 12.0. The van der Waals surface area contributed by atoms with Crippen molar-refractivity contribution in [2.75, 3.05) is 26.7 Å². The van der Waals surface area contributed by atoms with E-state index in [0.29, 0.717) is 38.9 Å². The lowest BCUT2D eigenvalue weighted by molar-refractivity contribution is 0.0657. The fraction of sp³-hybridized carbons (Fsp3) is 0.619. The van der Waals surface area contributed by atoms with Crippen LogP contribution in [-0.4, -0.2) is 55.8 Å². The van der Waals surface area contributed by atoms with Crippen molar-refractivity contribution < 1.29 is 14.3 Å². The Morgan fingerprint density at radius 1 is 1.21 bits per heavy atom. The van der Waals surface area contributed by atoms with Gasteiger partial charge in [-0.25, -0.2) is 4.79 Å². The van der Waals surface area contributed by atoms with Gasteiger partial charge >= 0.3 is 6.09 Å². The standard InChI is InChI=1S/C21H34N4O3.HI/c1-5-27-21(26)25-12-10-19(11-13-25)24-20(22-4)23-14-17-6-8-18(9-7-17)15-28-16(2)3;/h6-9,16,19H,5,10-15H2,1-4H3,(H2,22,23,24);1H. The van der Waals surface area contributed by atoms with E-state index in [1.807, 2.05) is 20.8 Å². The molecule has 8 heteroatoms. The Bertz CT molecular complexity index is 629. The Hall–Kier alpha value is -1.55. The lowest BCUT2D eigenvalue weighted by Crippen LogP contribution is -2.49. The minimum atomic E-state index is -0.217. The Morgan fingerprint density at radius 3 is 2.38 bits per heavy atom. The number of carbonyl (C=O) groups is 1. The highest BCUT2D eigenvalue weighted by Gasteiger charge is 2.23. The minimum Gasteiger partial charge on any atom is -0.450 e. The van der Waals surface area contributed by atoms with Gasteiger partial charge < -0.3 is 25.0 Å². The summed E-state index contributed by atoms with van der Waals surface area (Å²) >= 11 is 0. The zero-order valence-electron chi connectivity index (χ0n) is 17.9. The maximum Gasteiger partial charge on any atom is 0.409 e. The van der Waals surface area contributed by atoms with E-state index < -0.39 is 0 Å². The van der Waals surface area contributed by atoms with E-state index in [1.165, 1.54) is 11.1 Å². The summed E-state index contributed by atoms with van der Waals surface area (Å²) in [5, 5.41) is 6.81. The predicted octanol–water partition coefficient (Wildman–Crippen LogP) is 3.52. The van der Waals surface area contributed by atoms with Crippen LogP contribution >= 0.6 is 24.0 Å². The van der Waals surface area contributed by atoms with Gasteiger partial charge in [0.15, 0.2) is 5.96 Å². The van der Waals surface area contributed by atoms with E-state index in [-0.39, 0.29) is 36.2 Å².